The molecule has 2 rings (SSSR count). The van der Waals surface area contributed by atoms with Gasteiger partial charge in [-0.3, -0.25) is 4.79 Å². The SMILES string of the molecule is CC[C@H](C)[C@H](NC(=O)CCc1nc2c(C)cccc2[nH]1)C(=O)O. The van der Waals surface area contributed by atoms with Gasteiger partial charge in [0.25, 0.3) is 0 Å². The minimum atomic E-state index is -0.993. The molecule has 23 heavy (non-hydrogen) atoms. The molecule has 2 aromatic rings. The van der Waals surface area contributed by atoms with Crippen molar-refractivity contribution in [3.8, 4) is 0 Å². The third-order valence-electron chi connectivity index (χ3n) is 4.15. The number of carboxylic acid groups (broad SMARTS) is 1. The van der Waals surface area contributed by atoms with Crippen molar-refractivity contribution < 1.29 is 14.7 Å². The molecule has 1 aromatic carbocycles. The molecule has 6 heteroatoms. The lowest BCUT2D eigenvalue weighted by Crippen LogP contribution is -2.45. The Labute approximate surface area is 135 Å². The number of aryl methyl sites for hydroxylation is 2. The maximum atomic E-state index is 12.0. The third-order valence-corrected chi connectivity index (χ3v) is 4.15. The van der Waals surface area contributed by atoms with Gasteiger partial charge in [-0.05, 0) is 24.5 Å². The third kappa shape index (κ3) is 4.09. The number of carbonyl (C=O) groups is 2. The van der Waals surface area contributed by atoms with E-state index in [-0.39, 0.29) is 18.2 Å². The summed E-state index contributed by atoms with van der Waals surface area (Å²) >= 11 is 0. The van der Waals surface area contributed by atoms with Crippen LogP contribution in [0.3, 0.4) is 0 Å². The molecular formula is C17H23N3O3. The molecule has 6 nitrogen and oxygen atoms in total. The van der Waals surface area contributed by atoms with E-state index in [1.807, 2.05) is 39.0 Å². The maximum absolute atomic E-state index is 12.0. The minimum absolute atomic E-state index is 0.106. The lowest BCUT2D eigenvalue weighted by atomic mass is 9.99. The number of aromatic nitrogens is 2. The number of para-hydroxylation sites is 1. The first-order valence-corrected chi connectivity index (χ1v) is 7.88. The zero-order chi connectivity index (χ0) is 17.0. The number of carboxylic acids is 1. The van der Waals surface area contributed by atoms with E-state index >= 15 is 0 Å². The molecule has 0 aliphatic heterocycles. The number of hydrogen-bond acceptors (Lipinski definition) is 3. The summed E-state index contributed by atoms with van der Waals surface area (Å²) in [6.45, 7) is 5.72. The molecule has 0 unspecified atom stereocenters. The summed E-state index contributed by atoms with van der Waals surface area (Å²) in [4.78, 5) is 30.9. The van der Waals surface area contributed by atoms with Gasteiger partial charge in [-0.2, -0.15) is 0 Å². The van der Waals surface area contributed by atoms with E-state index in [4.69, 9.17) is 0 Å². The summed E-state index contributed by atoms with van der Waals surface area (Å²) in [6.07, 6.45) is 1.35. The molecule has 124 valence electrons. The van der Waals surface area contributed by atoms with Crippen LogP contribution in [0, 0.1) is 12.8 Å². The Morgan fingerprint density at radius 1 is 1.39 bits per heavy atom. The lowest BCUT2D eigenvalue weighted by Gasteiger charge is -2.19. The van der Waals surface area contributed by atoms with Gasteiger partial charge in [0.1, 0.15) is 11.9 Å². The second kappa shape index (κ2) is 7.26. The van der Waals surface area contributed by atoms with Crippen LogP contribution in [0.15, 0.2) is 18.2 Å². The van der Waals surface area contributed by atoms with E-state index in [2.05, 4.69) is 15.3 Å². The lowest BCUT2D eigenvalue weighted by molar-refractivity contribution is -0.143. The number of H-pyrrole nitrogens is 1. The Kier molecular flexibility index (Phi) is 5.36. The molecule has 0 radical (unpaired) electrons. The van der Waals surface area contributed by atoms with E-state index in [0.29, 0.717) is 12.8 Å². The second-order valence-electron chi connectivity index (χ2n) is 5.92. The molecule has 1 heterocycles. The highest BCUT2D eigenvalue weighted by Crippen LogP contribution is 2.16. The standard InChI is InChI=1S/C17H23N3O3/c1-4-10(2)16(17(22)23)20-14(21)9-8-13-18-12-7-5-6-11(3)15(12)19-13/h5-7,10,16H,4,8-9H2,1-3H3,(H,18,19)(H,20,21)(H,22,23)/t10-,16-/m0/s1. The number of benzene rings is 1. The van der Waals surface area contributed by atoms with Crippen LogP contribution in [-0.4, -0.2) is 33.0 Å². The van der Waals surface area contributed by atoms with Crippen LogP contribution in [0.1, 0.15) is 38.1 Å². The van der Waals surface area contributed by atoms with Gasteiger partial charge in [-0.25, -0.2) is 9.78 Å². The summed E-state index contributed by atoms with van der Waals surface area (Å²) in [6, 6.07) is 5.05. The van der Waals surface area contributed by atoms with E-state index < -0.39 is 12.0 Å². The van der Waals surface area contributed by atoms with Crippen LogP contribution in [0.2, 0.25) is 0 Å². The number of nitrogens with one attached hydrogen (secondary N) is 2. The first kappa shape index (κ1) is 17.0. The number of amides is 1. The molecule has 3 N–H and O–H groups in total. The van der Waals surface area contributed by atoms with Gasteiger partial charge in [-0.15, -0.1) is 0 Å². The molecular weight excluding hydrogens is 294 g/mol. The zero-order valence-corrected chi connectivity index (χ0v) is 13.7. The second-order valence-corrected chi connectivity index (χ2v) is 5.92. The maximum Gasteiger partial charge on any atom is 0.326 e. The number of fused-ring (bicyclic) bond motifs is 1. The van der Waals surface area contributed by atoms with E-state index in [0.717, 1.165) is 22.4 Å². The number of aliphatic carboxylic acids is 1. The largest absolute Gasteiger partial charge is 0.480 e. The number of imidazole rings is 1. The molecule has 0 aliphatic rings. The van der Waals surface area contributed by atoms with Crippen molar-refractivity contribution in [1.29, 1.82) is 0 Å². The van der Waals surface area contributed by atoms with Crippen molar-refractivity contribution in [1.82, 2.24) is 15.3 Å². The number of nitrogens with zero attached hydrogens (tertiary/aromatic N) is 1. The highest BCUT2D eigenvalue weighted by molar-refractivity contribution is 5.84. The fourth-order valence-corrected chi connectivity index (χ4v) is 2.51. The Balaban J connectivity index is 1.97. The van der Waals surface area contributed by atoms with Gasteiger partial charge in [0.2, 0.25) is 5.91 Å². The van der Waals surface area contributed by atoms with Crippen LogP contribution in [0.25, 0.3) is 11.0 Å². The van der Waals surface area contributed by atoms with Crippen LogP contribution in [0.5, 0.6) is 0 Å². The quantitative estimate of drug-likeness (QED) is 0.731. The molecule has 0 fully saturated rings. The van der Waals surface area contributed by atoms with Gasteiger partial charge in [0.15, 0.2) is 0 Å². The number of aromatic amines is 1. The van der Waals surface area contributed by atoms with Crippen molar-refractivity contribution in [3.63, 3.8) is 0 Å². The van der Waals surface area contributed by atoms with Gasteiger partial charge in [0.05, 0.1) is 11.0 Å². The smallest absolute Gasteiger partial charge is 0.326 e. The molecule has 0 spiro atoms. The monoisotopic (exact) mass is 317 g/mol. The predicted octanol–water partition coefficient (Wildman–Crippen LogP) is 2.42. The summed E-state index contributed by atoms with van der Waals surface area (Å²) in [5, 5.41) is 11.8. The normalized spacial score (nSPS) is 13.7. The molecule has 0 aliphatic carbocycles. The Morgan fingerprint density at radius 2 is 2.13 bits per heavy atom. The molecule has 2 atom stereocenters. The van der Waals surface area contributed by atoms with Crippen molar-refractivity contribution in [3.05, 3.63) is 29.6 Å². The Bertz CT molecular complexity index is 708. The van der Waals surface area contributed by atoms with Crippen molar-refractivity contribution in [2.75, 3.05) is 0 Å². The number of carbonyl (C=O) groups excluding carboxylic acids is 1. The van der Waals surface area contributed by atoms with Gasteiger partial charge in [0, 0.05) is 12.8 Å². The van der Waals surface area contributed by atoms with Crippen molar-refractivity contribution in [2.45, 2.75) is 46.1 Å². The van der Waals surface area contributed by atoms with Crippen LogP contribution < -0.4 is 5.32 Å². The summed E-state index contributed by atoms with van der Waals surface area (Å²) in [5.74, 6) is -0.632. The molecule has 1 aromatic heterocycles. The molecule has 0 saturated heterocycles. The summed E-state index contributed by atoms with van der Waals surface area (Å²) in [5.41, 5.74) is 2.94. The fraction of sp³-hybridized carbons (Fsp3) is 0.471. The topological polar surface area (TPSA) is 95.1 Å². The first-order chi connectivity index (χ1) is 10.9. The van der Waals surface area contributed by atoms with Gasteiger partial charge < -0.3 is 15.4 Å². The van der Waals surface area contributed by atoms with Crippen LogP contribution in [0.4, 0.5) is 0 Å². The number of hydrogen-bond donors (Lipinski definition) is 3. The van der Waals surface area contributed by atoms with Crippen molar-refractivity contribution in [2.24, 2.45) is 5.92 Å². The average Bonchev–Trinajstić information content (AvgIpc) is 2.94. The summed E-state index contributed by atoms with van der Waals surface area (Å²) < 4.78 is 0. The highest BCUT2D eigenvalue weighted by atomic mass is 16.4. The minimum Gasteiger partial charge on any atom is -0.480 e. The predicted molar refractivity (Wildman–Crippen MR) is 88.2 cm³/mol. The van der Waals surface area contributed by atoms with Gasteiger partial charge in [-0.1, -0.05) is 32.4 Å². The zero-order valence-electron chi connectivity index (χ0n) is 13.7. The Hall–Kier alpha value is -2.37. The van der Waals surface area contributed by atoms with Crippen LogP contribution in [-0.2, 0) is 16.0 Å². The van der Waals surface area contributed by atoms with Crippen LogP contribution >= 0.6 is 0 Å². The highest BCUT2D eigenvalue weighted by Gasteiger charge is 2.25. The van der Waals surface area contributed by atoms with E-state index in [9.17, 15) is 14.7 Å². The summed E-state index contributed by atoms with van der Waals surface area (Å²) in [7, 11) is 0. The first-order valence-electron chi connectivity index (χ1n) is 7.88. The molecule has 0 saturated carbocycles. The molecule has 0 bridgehead atoms. The fourth-order valence-electron chi connectivity index (χ4n) is 2.51. The van der Waals surface area contributed by atoms with Crippen molar-refractivity contribution >= 4 is 22.9 Å². The van der Waals surface area contributed by atoms with Gasteiger partial charge >= 0.3 is 5.97 Å². The number of rotatable bonds is 7. The van der Waals surface area contributed by atoms with E-state index in [1.165, 1.54) is 0 Å². The Morgan fingerprint density at radius 3 is 2.74 bits per heavy atom. The molecule has 1 amide bonds. The average molecular weight is 317 g/mol. The van der Waals surface area contributed by atoms with E-state index in [1.54, 1.807) is 0 Å².